The lowest BCUT2D eigenvalue weighted by atomic mass is 10.7. The summed E-state index contributed by atoms with van der Waals surface area (Å²) in [6, 6.07) is 0. The van der Waals surface area contributed by atoms with Gasteiger partial charge >= 0.3 is 16.9 Å². The Kier molecular flexibility index (Phi) is 1.80. The van der Waals surface area contributed by atoms with E-state index in [1.807, 2.05) is 0 Å². The number of hydrogen-bond donors (Lipinski definition) is 0. The first kappa shape index (κ1) is 9.31. The average Bonchev–Trinajstić information content (AvgIpc) is 1.66. The third-order valence-corrected chi connectivity index (χ3v) is 1.57. The highest BCUT2D eigenvalue weighted by molar-refractivity contribution is 6.32. The predicted octanol–water partition coefficient (Wildman–Crippen LogP) is 2.31. The van der Waals surface area contributed by atoms with Crippen LogP contribution in [-0.4, -0.2) is 16.9 Å². The Bertz CT molecular complexity index is 164. The summed E-state index contributed by atoms with van der Waals surface area (Å²) in [6.45, 7) is 0. The molecule has 0 N–H and O–H groups in total. The van der Waals surface area contributed by atoms with Gasteiger partial charge in [-0.15, -0.1) is 8.78 Å². The van der Waals surface area contributed by atoms with Gasteiger partial charge in [-0.3, -0.25) is 0 Å². The summed E-state index contributed by atoms with van der Waals surface area (Å²) in [6.07, 6.45) is -4.45. The van der Waals surface area contributed by atoms with Crippen molar-refractivity contribution in [3.05, 3.63) is 0 Å². The fourth-order valence-corrected chi connectivity index (χ4v) is 0.695. The molecular formula is C3Cl2F4O2. The zero-order valence-corrected chi connectivity index (χ0v) is 6.10. The van der Waals surface area contributed by atoms with Crippen LogP contribution in [0, 0.1) is 0 Å². The zero-order valence-electron chi connectivity index (χ0n) is 4.58. The third-order valence-electron chi connectivity index (χ3n) is 0.833. The summed E-state index contributed by atoms with van der Waals surface area (Å²) in [5.41, 5.74) is 0. The first-order valence-corrected chi connectivity index (χ1v) is 2.96. The molecule has 2 unspecified atom stereocenters. The first-order chi connectivity index (χ1) is 4.66. The second-order valence-corrected chi connectivity index (χ2v) is 2.67. The number of rotatable bonds is 0. The summed E-state index contributed by atoms with van der Waals surface area (Å²) < 4.78 is 54.3. The van der Waals surface area contributed by atoms with Crippen LogP contribution in [0.4, 0.5) is 17.6 Å². The van der Waals surface area contributed by atoms with E-state index >= 15 is 0 Å². The molecule has 1 rings (SSSR count). The second-order valence-electron chi connectivity index (χ2n) is 1.70. The molecule has 1 heterocycles. The van der Waals surface area contributed by atoms with E-state index in [0.29, 0.717) is 0 Å². The Morgan fingerprint density at radius 3 is 1.18 bits per heavy atom. The quantitative estimate of drug-likeness (QED) is 0.455. The van der Waals surface area contributed by atoms with Crippen molar-refractivity contribution in [1.82, 2.24) is 0 Å². The van der Waals surface area contributed by atoms with Crippen molar-refractivity contribution in [1.29, 1.82) is 0 Å². The lowest BCUT2D eigenvalue weighted by Crippen LogP contribution is -2.34. The zero-order chi connectivity index (χ0) is 8.91. The average molecular weight is 215 g/mol. The molecule has 0 bridgehead atoms. The van der Waals surface area contributed by atoms with Gasteiger partial charge in [0, 0.05) is 0 Å². The van der Waals surface area contributed by atoms with Gasteiger partial charge in [-0.1, -0.05) is 0 Å². The monoisotopic (exact) mass is 214 g/mol. The molecule has 0 aromatic heterocycles. The molecule has 1 saturated heterocycles. The van der Waals surface area contributed by atoms with Crippen LogP contribution in [-0.2, 0) is 9.47 Å². The molecule has 0 aromatic rings. The van der Waals surface area contributed by atoms with Crippen LogP contribution in [0.1, 0.15) is 0 Å². The van der Waals surface area contributed by atoms with Crippen molar-refractivity contribution >= 4 is 23.2 Å². The van der Waals surface area contributed by atoms with Gasteiger partial charge in [0.25, 0.3) is 0 Å². The lowest BCUT2D eigenvalue weighted by molar-refractivity contribution is -0.366. The van der Waals surface area contributed by atoms with Crippen LogP contribution < -0.4 is 0 Å². The molecule has 0 amide bonds. The van der Waals surface area contributed by atoms with E-state index in [9.17, 15) is 17.6 Å². The number of hydrogen-bond acceptors (Lipinski definition) is 2. The largest absolute Gasteiger partial charge is 0.493 e. The maximum absolute atomic E-state index is 12.3. The summed E-state index contributed by atoms with van der Waals surface area (Å²) in [5, 5.41) is -7.75. The molecule has 0 saturated carbocycles. The Balaban J connectivity index is 2.89. The van der Waals surface area contributed by atoms with Gasteiger partial charge in [0.2, 0.25) is 0 Å². The molecule has 8 heteroatoms. The molecule has 2 nitrogen and oxygen atoms in total. The molecule has 0 aromatic carbocycles. The van der Waals surface area contributed by atoms with Gasteiger partial charge in [-0.2, -0.15) is 8.78 Å². The predicted molar refractivity (Wildman–Crippen MR) is 26.5 cm³/mol. The maximum Gasteiger partial charge on any atom is 0.493 e. The van der Waals surface area contributed by atoms with Gasteiger partial charge in [-0.25, -0.2) is 9.47 Å². The maximum atomic E-state index is 12.3. The van der Waals surface area contributed by atoms with Crippen molar-refractivity contribution in [2.75, 3.05) is 0 Å². The number of ether oxygens (including phenoxy) is 2. The van der Waals surface area contributed by atoms with Crippen molar-refractivity contribution < 1.29 is 27.0 Å². The molecule has 11 heavy (non-hydrogen) atoms. The van der Waals surface area contributed by atoms with Gasteiger partial charge in [0.1, 0.15) is 0 Å². The van der Waals surface area contributed by atoms with Gasteiger partial charge in [0.05, 0.1) is 0 Å². The standard InChI is InChI=1S/C3Cl2F4O2/c4-1(6)2(5,7)11-3(8,9)10-1. The van der Waals surface area contributed by atoms with Gasteiger partial charge < -0.3 is 0 Å². The van der Waals surface area contributed by atoms with E-state index in [1.54, 1.807) is 0 Å². The van der Waals surface area contributed by atoms with Gasteiger partial charge in [-0.05, 0) is 23.2 Å². The molecule has 66 valence electrons. The van der Waals surface area contributed by atoms with E-state index in [1.165, 1.54) is 0 Å². The fourth-order valence-electron chi connectivity index (χ4n) is 0.438. The minimum atomic E-state index is -4.45. The van der Waals surface area contributed by atoms with Crippen LogP contribution in [0.25, 0.3) is 0 Å². The summed E-state index contributed by atoms with van der Waals surface area (Å²) in [5.74, 6) is 0. The molecule has 1 aliphatic rings. The summed E-state index contributed by atoms with van der Waals surface area (Å²) in [7, 11) is 0. The van der Waals surface area contributed by atoms with Crippen LogP contribution in [0.2, 0.25) is 0 Å². The highest BCUT2D eigenvalue weighted by Gasteiger charge is 2.71. The minimum Gasteiger partial charge on any atom is -0.238 e. The fraction of sp³-hybridized carbons (Fsp3) is 1.00. The number of alkyl halides is 6. The number of halogens is 6. The highest BCUT2D eigenvalue weighted by atomic mass is 35.5. The van der Waals surface area contributed by atoms with E-state index < -0.39 is 16.9 Å². The molecule has 0 radical (unpaired) electrons. The van der Waals surface area contributed by atoms with E-state index in [-0.39, 0.29) is 0 Å². The Morgan fingerprint density at radius 1 is 0.818 bits per heavy atom. The van der Waals surface area contributed by atoms with Crippen molar-refractivity contribution in [3.63, 3.8) is 0 Å². The summed E-state index contributed by atoms with van der Waals surface area (Å²) in [4.78, 5) is 0. The van der Waals surface area contributed by atoms with Crippen molar-refractivity contribution in [2.24, 2.45) is 0 Å². The van der Waals surface area contributed by atoms with E-state index in [0.717, 1.165) is 0 Å². The Morgan fingerprint density at radius 2 is 1.09 bits per heavy atom. The molecule has 0 aliphatic carbocycles. The van der Waals surface area contributed by atoms with Crippen molar-refractivity contribution in [3.8, 4) is 0 Å². The molecule has 1 fully saturated rings. The van der Waals surface area contributed by atoms with Crippen LogP contribution in [0.5, 0.6) is 0 Å². The van der Waals surface area contributed by atoms with E-state index in [4.69, 9.17) is 0 Å². The van der Waals surface area contributed by atoms with E-state index in [2.05, 4.69) is 32.7 Å². The van der Waals surface area contributed by atoms with Gasteiger partial charge in [0.15, 0.2) is 0 Å². The van der Waals surface area contributed by atoms with Crippen molar-refractivity contribution in [2.45, 2.75) is 16.9 Å². The van der Waals surface area contributed by atoms with Crippen LogP contribution in [0.15, 0.2) is 0 Å². The molecular weight excluding hydrogens is 215 g/mol. The highest BCUT2D eigenvalue weighted by Crippen LogP contribution is 2.52. The lowest BCUT2D eigenvalue weighted by Gasteiger charge is -2.14. The Hall–Kier alpha value is 0.220. The Labute approximate surface area is 68.0 Å². The SMILES string of the molecule is FC1(F)OC(F)(Cl)C(F)(Cl)O1. The second kappa shape index (κ2) is 2.12. The van der Waals surface area contributed by atoms with Crippen LogP contribution >= 0.6 is 23.2 Å². The normalized spacial score (nSPS) is 49.6. The molecule has 2 atom stereocenters. The smallest absolute Gasteiger partial charge is 0.238 e. The van der Waals surface area contributed by atoms with Crippen LogP contribution in [0.3, 0.4) is 0 Å². The first-order valence-electron chi connectivity index (χ1n) is 2.20. The third kappa shape index (κ3) is 1.53. The molecule has 0 spiro atoms. The topological polar surface area (TPSA) is 18.5 Å². The minimum absolute atomic E-state index is 2.99. The summed E-state index contributed by atoms with van der Waals surface area (Å²) >= 11 is 8.89. The molecule has 1 aliphatic heterocycles.